The quantitative estimate of drug-likeness (QED) is 0.0318. The molecule has 0 radical (unpaired) electrons. The van der Waals surface area contributed by atoms with Gasteiger partial charge in [-0.2, -0.15) is 0 Å². The van der Waals surface area contributed by atoms with Crippen LogP contribution in [0.3, 0.4) is 0 Å². The van der Waals surface area contributed by atoms with Gasteiger partial charge in [-0.15, -0.1) is 0 Å². The lowest BCUT2D eigenvalue weighted by atomic mass is 9.96. The standard InChI is InChI=1S/C50H89NO18/c1-3-5-7-8-9-10-11-12-13-14-15-16-17-18-19-20-21-22-23-24-26-28-38(56)51-33(34(55)27-25-6-4-2)32-64-48-44(62)41(59)46(36(30-53)66-48)69-50-45(63)42(60)47(37(31-54)67-50)68-49-43(61)40(58)39(57)35(29-52)65-49/h11-12,14-15,25,27,33-37,39-50,52-55,57-63H,3-10,13,16-24,26,28-32H2,1-2H3,(H,51,56)/b12-11-,15-14-,27-25+. The van der Waals surface area contributed by atoms with Crippen molar-refractivity contribution < 1.29 is 89.4 Å². The van der Waals surface area contributed by atoms with Crippen molar-refractivity contribution in [3.05, 3.63) is 36.5 Å². The van der Waals surface area contributed by atoms with Crippen LogP contribution in [-0.2, 0) is 33.2 Å². The van der Waals surface area contributed by atoms with E-state index in [2.05, 4.69) is 36.5 Å². The van der Waals surface area contributed by atoms with Crippen LogP contribution in [0.15, 0.2) is 36.5 Å². The van der Waals surface area contributed by atoms with Gasteiger partial charge in [-0.25, -0.2) is 0 Å². The Morgan fingerprint density at radius 3 is 1.51 bits per heavy atom. The number of unbranched alkanes of at least 4 members (excludes halogenated alkanes) is 15. The number of hydrogen-bond acceptors (Lipinski definition) is 18. The fourth-order valence-electron chi connectivity index (χ4n) is 8.58. The molecular weight excluding hydrogens is 903 g/mol. The molecule has 0 aliphatic carbocycles. The summed E-state index contributed by atoms with van der Waals surface area (Å²) in [4.78, 5) is 13.1. The van der Waals surface area contributed by atoms with E-state index in [4.69, 9.17) is 28.4 Å². The first kappa shape index (κ1) is 61.3. The summed E-state index contributed by atoms with van der Waals surface area (Å²) in [7, 11) is 0. The monoisotopic (exact) mass is 992 g/mol. The lowest BCUT2D eigenvalue weighted by Crippen LogP contribution is -2.66. The predicted molar refractivity (Wildman–Crippen MR) is 254 cm³/mol. The zero-order valence-electron chi connectivity index (χ0n) is 41.0. The van der Waals surface area contributed by atoms with Crippen LogP contribution in [0.1, 0.15) is 142 Å². The molecular formula is C50H89NO18. The van der Waals surface area contributed by atoms with Crippen molar-refractivity contribution >= 4 is 5.91 Å². The second-order valence-electron chi connectivity index (χ2n) is 18.6. The van der Waals surface area contributed by atoms with Crippen LogP contribution in [-0.4, -0.2) is 193 Å². The maximum Gasteiger partial charge on any atom is 0.220 e. The Kier molecular flexibility index (Phi) is 31.3. The first-order chi connectivity index (χ1) is 33.3. The van der Waals surface area contributed by atoms with E-state index in [1.54, 1.807) is 12.2 Å². The predicted octanol–water partition coefficient (Wildman–Crippen LogP) is 1.81. The topological polar surface area (TPSA) is 307 Å². The molecule has 0 aromatic rings. The minimum absolute atomic E-state index is 0.235. The number of allylic oxidation sites excluding steroid dienone is 5. The second kappa shape index (κ2) is 35.2. The lowest BCUT2D eigenvalue weighted by molar-refractivity contribution is -0.379. The zero-order chi connectivity index (χ0) is 50.6. The summed E-state index contributed by atoms with van der Waals surface area (Å²) >= 11 is 0. The van der Waals surface area contributed by atoms with E-state index in [1.165, 1.54) is 64.2 Å². The summed E-state index contributed by atoms with van der Waals surface area (Å²) < 4.78 is 33.9. The van der Waals surface area contributed by atoms with Gasteiger partial charge >= 0.3 is 0 Å². The molecule has 0 aromatic heterocycles. The van der Waals surface area contributed by atoms with Gasteiger partial charge in [-0.3, -0.25) is 4.79 Å². The minimum Gasteiger partial charge on any atom is -0.394 e. The molecule has 3 fully saturated rings. The molecule has 3 heterocycles. The van der Waals surface area contributed by atoms with Gasteiger partial charge in [0.1, 0.15) is 73.2 Å². The van der Waals surface area contributed by atoms with Crippen LogP contribution in [0, 0.1) is 0 Å². The highest BCUT2D eigenvalue weighted by Crippen LogP contribution is 2.33. The number of aliphatic hydroxyl groups is 11. The number of hydrogen-bond donors (Lipinski definition) is 12. The molecule has 12 N–H and O–H groups in total. The third-order valence-electron chi connectivity index (χ3n) is 12.9. The molecule has 0 saturated carbocycles. The van der Waals surface area contributed by atoms with Gasteiger partial charge in [-0.1, -0.05) is 127 Å². The van der Waals surface area contributed by atoms with Gasteiger partial charge in [-0.05, 0) is 44.9 Å². The SMILES string of the molecule is CCC/C=C/C(O)C(COC1OC(CO)C(OC2OC(CO)C(OC3OC(CO)C(O)C(O)C3O)C(O)C2O)C(O)C1O)NC(=O)CCCCCCCCCCC/C=C\C/C=C\CCCCCCC. The average molecular weight is 992 g/mol. The van der Waals surface area contributed by atoms with E-state index in [-0.39, 0.29) is 18.9 Å². The maximum atomic E-state index is 13.1. The highest BCUT2D eigenvalue weighted by molar-refractivity contribution is 5.76. The lowest BCUT2D eigenvalue weighted by Gasteiger charge is -2.48. The Hall–Kier alpha value is -1.99. The van der Waals surface area contributed by atoms with E-state index < -0.39 is 124 Å². The van der Waals surface area contributed by atoms with Gasteiger partial charge in [0.15, 0.2) is 18.9 Å². The van der Waals surface area contributed by atoms with Crippen LogP contribution in [0.25, 0.3) is 0 Å². The summed E-state index contributed by atoms with van der Waals surface area (Å²) in [5.41, 5.74) is 0. The highest BCUT2D eigenvalue weighted by Gasteiger charge is 2.53. The van der Waals surface area contributed by atoms with Crippen LogP contribution in [0.2, 0.25) is 0 Å². The van der Waals surface area contributed by atoms with Crippen LogP contribution < -0.4 is 5.32 Å². The fourth-order valence-corrected chi connectivity index (χ4v) is 8.58. The Morgan fingerprint density at radius 1 is 0.522 bits per heavy atom. The number of carbonyl (C=O) groups is 1. The third kappa shape index (κ3) is 21.2. The number of ether oxygens (including phenoxy) is 6. The van der Waals surface area contributed by atoms with E-state index in [9.17, 15) is 61.0 Å². The highest BCUT2D eigenvalue weighted by atomic mass is 16.8. The molecule has 0 spiro atoms. The van der Waals surface area contributed by atoms with Crippen molar-refractivity contribution in [3.8, 4) is 0 Å². The molecule has 19 nitrogen and oxygen atoms in total. The van der Waals surface area contributed by atoms with E-state index in [0.29, 0.717) is 12.8 Å². The normalized spacial score (nSPS) is 33.1. The van der Waals surface area contributed by atoms with Crippen LogP contribution >= 0.6 is 0 Å². The van der Waals surface area contributed by atoms with Gasteiger partial charge in [0.05, 0.1) is 38.6 Å². The van der Waals surface area contributed by atoms with Gasteiger partial charge in [0.2, 0.25) is 5.91 Å². The van der Waals surface area contributed by atoms with Crippen molar-refractivity contribution in [1.82, 2.24) is 5.32 Å². The van der Waals surface area contributed by atoms with Crippen LogP contribution in [0.4, 0.5) is 0 Å². The molecule has 3 aliphatic heterocycles. The van der Waals surface area contributed by atoms with E-state index in [1.807, 2.05) is 6.92 Å². The van der Waals surface area contributed by atoms with Crippen molar-refractivity contribution in [2.24, 2.45) is 0 Å². The molecule has 0 aromatic carbocycles. The summed E-state index contributed by atoms with van der Waals surface area (Å²) in [6.07, 6.45) is 7.01. The Morgan fingerprint density at radius 2 is 0.986 bits per heavy atom. The van der Waals surface area contributed by atoms with E-state index in [0.717, 1.165) is 44.9 Å². The zero-order valence-corrected chi connectivity index (χ0v) is 41.0. The van der Waals surface area contributed by atoms with Gasteiger partial charge in [0, 0.05) is 6.42 Å². The molecule has 3 rings (SSSR count). The van der Waals surface area contributed by atoms with Gasteiger partial charge in [0.25, 0.3) is 0 Å². The smallest absolute Gasteiger partial charge is 0.220 e. The molecule has 1 amide bonds. The maximum absolute atomic E-state index is 13.1. The molecule has 17 atom stereocenters. The van der Waals surface area contributed by atoms with Crippen molar-refractivity contribution in [1.29, 1.82) is 0 Å². The number of nitrogens with one attached hydrogen (secondary N) is 1. The van der Waals surface area contributed by atoms with Crippen molar-refractivity contribution in [3.63, 3.8) is 0 Å². The Balaban J connectivity index is 1.41. The number of aliphatic hydroxyl groups excluding tert-OH is 11. The summed E-state index contributed by atoms with van der Waals surface area (Å²) in [6, 6.07) is -0.969. The molecule has 17 unspecified atom stereocenters. The molecule has 3 saturated heterocycles. The van der Waals surface area contributed by atoms with Gasteiger partial charge < -0.3 is 89.9 Å². The molecule has 19 heteroatoms. The molecule has 402 valence electrons. The number of carbonyl (C=O) groups excluding carboxylic acids is 1. The summed E-state index contributed by atoms with van der Waals surface area (Å²) in [5, 5.41) is 119. The average Bonchev–Trinajstić information content (AvgIpc) is 3.34. The van der Waals surface area contributed by atoms with Crippen LogP contribution in [0.5, 0.6) is 0 Å². The molecule has 69 heavy (non-hydrogen) atoms. The van der Waals surface area contributed by atoms with Crippen molar-refractivity contribution in [2.75, 3.05) is 26.4 Å². The Labute approximate surface area is 409 Å². The minimum atomic E-state index is -1.97. The largest absolute Gasteiger partial charge is 0.394 e. The Bertz CT molecular complexity index is 1420. The van der Waals surface area contributed by atoms with Crippen molar-refractivity contribution in [2.45, 2.75) is 247 Å². The summed E-state index contributed by atoms with van der Waals surface area (Å²) in [6.45, 7) is 1.44. The number of amides is 1. The number of rotatable bonds is 35. The fraction of sp³-hybridized carbons (Fsp3) is 0.860. The third-order valence-corrected chi connectivity index (χ3v) is 12.9. The second-order valence-corrected chi connectivity index (χ2v) is 18.6. The first-order valence-electron chi connectivity index (χ1n) is 25.7. The first-order valence-corrected chi connectivity index (χ1v) is 25.7. The van der Waals surface area contributed by atoms with E-state index >= 15 is 0 Å². The molecule has 3 aliphatic rings. The summed E-state index contributed by atoms with van der Waals surface area (Å²) in [5.74, 6) is -0.295. The molecule has 0 bridgehead atoms.